The predicted octanol–water partition coefficient (Wildman–Crippen LogP) is 3.81. The number of alkyl halides is 3. The van der Waals surface area contributed by atoms with Gasteiger partial charge >= 0.3 is 27.6 Å². The first-order valence-electron chi connectivity index (χ1n) is 9.02. The summed E-state index contributed by atoms with van der Waals surface area (Å²) in [5, 5.41) is 8.78. The summed E-state index contributed by atoms with van der Waals surface area (Å²) in [5.41, 5.74) is -3.79. The van der Waals surface area contributed by atoms with Crippen LogP contribution in [0.2, 0.25) is 0 Å². The van der Waals surface area contributed by atoms with E-state index in [4.69, 9.17) is 9.84 Å². The van der Waals surface area contributed by atoms with E-state index in [9.17, 15) is 31.2 Å². The van der Waals surface area contributed by atoms with Crippen molar-refractivity contribution < 1.29 is 45.2 Å². The molecule has 7 nitrogen and oxygen atoms in total. The van der Waals surface area contributed by atoms with Crippen molar-refractivity contribution in [2.75, 3.05) is 0 Å². The van der Waals surface area contributed by atoms with Crippen LogP contribution in [0.15, 0.2) is 11.6 Å². The van der Waals surface area contributed by atoms with Gasteiger partial charge in [0.25, 0.3) is 0 Å². The molecule has 0 fully saturated rings. The molecule has 0 aromatic heterocycles. The lowest BCUT2D eigenvalue weighted by Gasteiger charge is -2.20. The zero-order valence-electron chi connectivity index (χ0n) is 16.6. The number of aliphatic carboxylic acids is 1. The van der Waals surface area contributed by atoms with Gasteiger partial charge in [-0.25, -0.2) is 4.79 Å². The maximum Gasteiger partial charge on any atom is 0.534 e. The lowest BCUT2D eigenvalue weighted by Crippen LogP contribution is -2.29. The quantitative estimate of drug-likeness (QED) is 0.278. The number of hydrogen-bond donors (Lipinski definition) is 1. The number of halogens is 3. The van der Waals surface area contributed by atoms with E-state index in [1.165, 1.54) is 0 Å². The van der Waals surface area contributed by atoms with Gasteiger partial charge in [-0.3, -0.25) is 4.79 Å². The Morgan fingerprint density at radius 1 is 1.27 bits per heavy atom. The molecule has 11 heteroatoms. The van der Waals surface area contributed by atoms with Crippen molar-refractivity contribution in [3.63, 3.8) is 0 Å². The average molecular weight is 450 g/mol. The zero-order valence-corrected chi connectivity index (χ0v) is 17.4. The summed E-state index contributed by atoms with van der Waals surface area (Å²) in [4.78, 5) is 22.9. The first kappa shape index (κ1) is 23.7. The number of esters is 1. The summed E-state index contributed by atoms with van der Waals surface area (Å²) in [6.45, 7) is 4.87. The van der Waals surface area contributed by atoms with Gasteiger partial charge in [0.05, 0.1) is 0 Å². The van der Waals surface area contributed by atoms with Crippen LogP contribution in [0.25, 0.3) is 0 Å². The number of cyclic esters (lactones) is 1. The second-order valence-electron chi connectivity index (χ2n) is 6.83. The molecule has 2 rings (SSSR count). The van der Waals surface area contributed by atoms with Crippen LogP contribution < -0.4 is 4.18 Å². The van der Waals surface area contributed by atoms with Crippen LogP contribution in [0.5, 0.6) is 5.75 Å². The van der Waals surface area contributed by atoms with Crippen LogP contribution in [-0.2, 0) is 39.1 Å². The van der Waals surface area contributed by atoms with E-state index in [0.29, 0.717) is 28.7 Å². The van der Waals surface area contributed by atoms with E-state index < -0.39 is 33.3 Å². The van der Waals surface area contributed by atoms with Gasteiger partial charge in [-0.1, -0.05) is 18.6 Å². The lowest BCUT2D eigenvalue weighted by molar-refractivity contribution is -0.136. The fourth-order valence-corrected chi connectivity index (χ4v) is 3.75. The molecule has 1 aromatic rings. The average Bonchev–Trinajstić information content (AvgIpc) is 3.01. The Kier molecular flexibility index (Phi) is 6.85. The van der Waals surface area contributed by atoms with Crippen molar-refractivity contribution in [3.8, 4) is 5.75 Å². The fourth-order valence-electron chi connectivity index (χ4n) is 3.25. The van der Waals surface area contributed by atoms with Gasteiger partial charge in [0.2, 0.25) is 0 Å². The number of carboxylic acids is 1. The molecule has 0 saturated heterocycles. The van der Waals surface area contributed by atoms with Gasteiger partial charge in [0, 0.05) is 17.5 Å². The van der Waals surface area contributed by atoms with Gasteiger partial charge in [0.1, 0.15) is 12.2 Å². The van der Waals surface area contributed by atoms with Crippen LogP contribution in [0.4, 0.5) is 13.2 Å². The smallest absolute Gasteiger partial charge is 0.481 e. The number of carbonyl (C=O) groups is 2. The minimum absolute atomic E-state index is 0.0429. The first-order chi connectivity index (χ1) is 13.8. The Morgan fingerprint density at radius 3 is 2.43 bits per heavy atom. The predicted molar refractivity (Wildman–Crippen MR) is 99.6 cm³/mol. The molecule has 0 unspecified atom stereocenters. The summed E-state index contributed by atoms with van der Waals surface area (Å²) < 4.78 is 71.6. The largest absolute Gasteiger partial charge is 0.534 e. The Labute approximate surface area is 171 Å². The number of carbonyl (C=O) groups excluding carboxylic acids is 1. The van der Waals surface area contributed by atoms with E-state index in [1.54, 1.807) is 26.8 Å². The molecule has 0 radical (unpaired) electrons. The van der Waals surface area contributed by atoms with E-state index in [-0.39, 0.29) is 37.0 Å². The Morgan fingerprint density at radius 2 is 1.90 bits per heavy atom. The Hall–Kier alpha value is -2.56. The molecular formula is C19H21F3O7S. The maximum absolute atomic E-state index is 13.0. The molecule has 1 aliphatic rings. The molecule has 166 valence electrons. The zero-order chi connectivity index (χ0) is 22.9. The Bertz CT molecular complexity index is 1010. The molecular weight excluding hydrogens is 429 g/mol. The fraction of sp³-hybridized carbons (Fsp3) is 0.474. The van der Waals surface area contributed by atoms with Crippen molar-refractivity contribution >= 4 is 22.1 Å². The number of carboxylic acid groups (broad SMARTS) is 1. The van der Waals surface area contributed by atoms with Crippen molar-refractivity contribution in [2.45, 2.75) is 58.6 Å². The third-order valence-corrected chi connectivity index (χ3v) is 5.80. The molecule has 30 heavy (non-hydrogen) atoms. The minimum atomic E-state index is -6.02. The normalized spacial score (nSPS) is 14.5. The minimum Gasteiger partial charge on any atom is -0.481 e. The number of allylic oxidation sites excluding steroid dienone is 2. The standard InChI is InChI=1S/C19H21F3O7S/c1-4-12-11(3)14-9-28-18(25)16(14)17(29-30(26,27)19(20,21)22)13(12)7-5-10(2)6-8-15(23)24/h5H,4,6-9H2,1-3H3,(H,23,24). The lowest BCUT2D eigenvalue weighted by atomic mass is 9.89. The van der Waals surface area contributed by atoms with Crippen LogP contribution >= 0.6 is 0 Å². The van der Waals surface area contributed by atoms with Crippen LogP contribution in [0.1, 0.15) is 59.3 Å². The van der Waals surface area contributed by atoms with Crippen molar-refractivity contribution in [2.24, 2.45) is 0 Å². The second-order valence-corrected chi connectivity index (χ2v) is 8.36. The van der Waals surface area contributed by atoms with Gasteiger partial charge < -0.3 is 14.0 Å². The first-order valence-corrected chi connectivity index (χ1v) is 10.4. The third-order valence-electron chi connectivity index (χ3n) is 4.84. The number of hydrogen-bond acceptors (Lipinski definition) is 6. The molecule has 0 saturated carbocycles. The van der Waals surface area contributed by atoms with E-state index in [1.807, 2.05) is 0 Å². The van der Waals surface area contributed by atoms with Crippen LogP contribution in [0.3, 0.4) is 0 Å². The molecule has 0 amide bonds. The number of fused-ring (bicyclic) bond motifs is 1. The highest BCUT2D eigenvalue weighted by molar-refractivity contribution is 7.88. The van der Waals surface area contributed by atoms with Gasteiger partial charge in [-0.05, 0) is 44.2 Å². The van der Waals surface area contributed by atoms with Gasteiger partial charge in [-0.15, -0.1) is 0 Å². The second kappa shape index (κ2) is 8.66. The summed E-state index contributed by atoms with van der Waals surface area (Å²) in [6, 6.07) is 0. The van der Waals surface area contributed by atoms with Crippen molar-refractivity contribution in [1.29, 1.82) is 0 Å². The molecule has 1 aromatic carbocycles. The highest BCUT2D eigenvalue weighted by Gasteiger charge is 2.50. The number of rotatable bonds is 8. The van der Waals surface area contributed by atoms with Crippen LogP contribution in [-0.4, -0.2) is 31.0 Å². The molecule has 0 spiro atoms. The molecule has 1 N–H and O–H groups in total. The molecule has 1 aliphatic heterocycles. The monoisotopic (exact) mass is 450 g/mol. The summed E-state index contributed by atoms with van der Waals surface area (Å²) in [6.07, 6.45) is 1.95. The highest BCUT2D eigenvalue weighted by Crippen LogP contribution is 2.41. The summed E-state index contributed by atoms with van der Waals surface area (Å²) in [5.74, 6) is -2.65. The summed E-state index contributed by atoms with van der Waals surface area (Å²) >= 11 is 0. The molecule has 0 atom stereocenters. The maximum atomic E-state index is 13.0. The topological polar surface area (TPSA) is 107 Å². The molecule has 0 aliphatic carbocycles. The van der Waals surface area contributed by atoms with E-state index in [2.05, 4.69) is 4.18 Å². The molecule has 1 heterocycles. The number of benzene rings is 1. The number of ether oxygens (including phenoxy) is 1. The summed E-state index contributed by atoms with van der Waals surface area (Å²) in [7, 11) is -6.02. The van der Waals surface area contributed by atoms with Crippen molar-refractivity contribution in [1.82, 2.24) is 0 Å². The SMILES string of the molecule is CCc1c(C)c2c(c(OS(=O)(=O)C(F)(F)F)c1CC=C(C)CCC(=O)O)C(=O)OC2. The third kappa shape index (κ3) is 4.77. The van der Waals surface area contributed by atoms with Gasteiger partial charge in [0.15, 0.2) is 5.75 Å². The molecule has 0 bridgehead atoms. The Balaban J connectivity index is 2.65. The van der Waals surface area contributed by atoms with Crippen molar-refractivity contribution in [3.05, 3.63) is 39.5 Å². The highest BCUT2D eigenvalue weighted by atomic mass is 32.2. The van der Waals surface area contributed by atoms with Crippen LogP contribution in [0, 0.1) is 6.92 Å². The van der Waals surface area contributed by atoms with Gasteiger partial charge in [-0.2, -0.15) is 21.6 Å². The van der Waals surface area contributed by atoms with E-state index >= 15 is 0 Å². The van der Waals surface area contributed by atoms with E-state index in [0.717, 1.165) is 0 Å².